The molecule has 0 spiro atoms. The maximum Gasteiger partial charge on any atom is 0.222 e. The molecule has 1 aromatic carbocycles. The second-order valence-electron chi connectivity index (χ2n) is 7.32. The van der Waals surface area contributed by atoms with Crippen molar-refractivity contribution in [2.75, 3.05) is 19.7 Å². The summed E-state index contributed by atoms with van der Waals surface area (Å²) in [5, 5.41) is 9.87. The Morgan fingerprint density at radius 1 is 1.35 bits per heavy atom. The van der Waals surface area contributed by atoms with Crippen molar-refractivity contribution < 1.29 is 14.3 Å². The largest absolute Gasteiger partial charge is 0.396 e. The fourth-order valence-corrected chi connectivity index (χ4v) is 3.82. The Balaban J connectivity index is 1.57. The molecule has 1 amide bonds. The van der Waals surface area contributed by atoms with Crippen LogP contribution in [0.15, 0.2) is 24.3 Å². The molecule has 1 atom stereocenters. The van der Waals surface area contributed by atoms with Crippen LogP contribution in [0.5, 0.6) is 0 Å². The summed E-state index contributed by atoms with van der Waals surface area (Å²) < 4.78 is 13.7. The van der Waals surface area contributed by atoms with E-state index in [1.165, 1.54) is 18.9 Å². The molecule has 0 bridgehead atoms. The first kappa shape index (κ1) is 16.4. The van der Waals surface area contributed by atoms with Crippen LogP contribution >= 0.6 is 0 Å². The number of piperidine rings is 1. The van der Waals surface area contributed by atoms with Gasteiger partial charge in [-0.05, 0) is 43.2 Å². The number of hydrogen-bond acceptors (Lipinski definition) is 2. The number of aliphatic hydroxyl groups excluding tert-OH is 1. The molecule has 1 aliphatic carbocycles. The molecule has 3 nitrogen and oxygen atoms in total. The number of rotatable bonds is 6. The smallest absolute Gasteiger partial charge is 0.222 e. The van der Waals surface area contributed by atoms with Gasteiger partial charge in [-0.3, -0.25) is 4.79 Å². The minimum Gasteiger partial charge on any atom is -0.396 e. The number of likely N-dealkylation sites (tertiary alicyclic amines) is 1. The zero-order chi connectivity index (χ0) is 16.3. The molecule has 0 unspecified atom stereocenters. The molecule has 1 saturated carbocycles. The van der Waals surface area contributed by atoms with Crippen molar-refractivity contribution in [1.82, 2.24) is 4.90 Å². The molecule has 3 rings (SSSR count). The number of carbonyl (C=O) groups is 1. The highest BCUT2D eigenvalue weighted by Crippen LogP contribution is 2.44. The first-order chi connectivity index (χ1) is 11.1. The van der Waals surface area contributed by atoms with Gasteiger partial charge in [0.2, 0.25) is 5.91 Å². The molecule has 1 saturated heterocycles. The van der Waals surface area contributed by atoms with Crippen molar-refractivity contribution in [3.05, 3.63) is 35.6 Å². The second-order valence-corrected chi connectivity index (χ2v) is 7.32. The predicted octanol–water partition coefficient (Wildman–Crippen LogP) is 3.16. The molecule has 4 heteroatoms. The summed E-state index contributed by atoms with van der Waals surface area (Å²) in [6, 6.07) is 6.64. The predicted molar refractivity (Wildman–Crippen MR) is 87.4 cm³/mol. The lowest BCUT2D eigenvalue weighted by atomic mass is 9.76. The highest BCUT2D eigenvalue weighted by Gasteiger charge is 2.40. The van der Waals surface area contributed by atoms with Crippen LogP contribution in [0.1, 0.15) is 44.1 Å². The molecule has 1 N–H and O–H groups in total. The van der Waals surface area contributed by atoms with Crippen molar-refractivity contribution in [2.45, 2.75) is 44.9 Å². The van der Waals surface area contributed by atoms with Gasteiger partial charge < -0.3 is 10.0 Å². The standard InChI is InChI=1S/C19H26FNO2/c20-17-5-2-1-4-16(17)8-9-18(23)21-11-3-10-19(13-21,14-22)12-15-6-7-15/h1-2,4-5,15,22H,3,6-14H2/t19-/m1/s1. The van der Waals surface area contributed by atoms with Crippen LogP contribution in [0.3, 0.4) is 0 Å². The maximum atomic E-state index is 13.7. The molecule has 126 valence electrons. The summed E-state index contributed by atoms with van der Waals surface area (Å²) in [4.78, 5) is 14.4. The van der Waals surface area contributed by atoms with Gasteiger partial charge in [-0.25, -0.2) is 4.39 Å². The number of hydrogen-bond donors (Lipinski definition) is 1. The average molecular weight is 319 g/mol. The summed E-state index contributed by atoms with van der Waals surface area (Å²) in [6.45, 7) is 1.60. The third-order valence-electron chi connectivity index (χ3n) is 5.33. The van der Waals surface area contributed by atoms with E-state index in [2.05, 4.69) is 0 Å². The monoisotopic (exact) mass is 319 g/mol. The van der Waals surface area contributed by atoms with E-state index in [1.807, 2.05) is 4.90 Å². The molecule has 2 fully saturated rings. The van der Waals surface area contributed by atoms with Gasteiger partial charge in [0.25, 0.3) is 0 Å². The Labute approximate surface area is 137 Å². The van der Waals surface area contributed by atoms with E-state index in [9.17, 15) is 14.3 Å². The first-order valence-corrected chi connectivity index (χ1v) is 8.74. The Morgan fingerprint density at radius 2 is 2.13 bits per heavy atom. The molecule has 1 heterocycles. The number of halogens is 1. The fraction of sp³-hybridized carbons (Fsp3) is 0.632. The second kappa shape index (κ2) is 7.00. The Kier molecular flexibility index (Phi) is 5.00. The van der Waals surface area contributed by atoms with Crippen molar-refractivity contribution in [1.29, 1.82) is 0 Å². The number of amides is 1. The van der Waals surface area contributed by atoms with E-state index in [1.54, 1.807) is 18.2 Å². The van der Waals surface area contributed by atoms with E-state index in [0.29, 0.717) is 24.9 Å². The van der Waals surface area contributed by atoms with Crippen LogP contribution in [-0.2, 0) is 11.2 Å². The number of aryl methyl sites for hydroxylation is 1. The van der Waals surface area contributed by atoms with Crippen molar-refractivity contribution >= 4 is 5.91 Å². The summed E-state index contributed by atoms with van der Waals surface area (Å²) in [5.74, 6) is 0.592. The van der Waals surface area contributed by atoms with E-state index in [-0.39, 0.29) is 23.7 Å². The Bertz CT molecular complexity index is 558. The third-order valence-corrected chi connectivity index (χ3v) is 5.33. The summed E-state index contributed by atoms with van der Waals surface area (Å²) >= 11 is 0. The topological polar surface area (TPSA) is 40.5 Å². The Hall–Kier alpha value is -1.42. The SMILES string of the molecule is O=C(CCc1ccccc1F)N1CCC[C@@](CO)(CC2CC2)C1. The molecule has 1 aromatic rings. The van der Waals surface area contributed by atoms with Crippen LogP contribution in [0.4, 0.5) is 4.39 Å². The van der Waals surface area contributed by atoms with Gasteiger partial charge >= 0.3 is 0 Å². The molecular formula is C19H26FNO2. The van der Waals surface area contributed by atoms with E-state index in [0.717, 1.165) is 31.7 Å². The molecule has 0 radical (unpaired) electrons. The number of nitrogens with zero attached hydrogens (tertiary/aromatic N) is 1. The van der Waals surface area contributed by atoms with Crippen LogP contribution in [0, 0.1) is 17.2 Å². The molecule has 0 aromatic heterocycles. The number of carbonyl (C=O) groups excluding carboxylic acids is 1. The van der Waals surface area contributed by atoms with Gasteiger partial charge in [0, 0.05) is 24.9 Å². The lowest BCUT2D eigenvalue weighted by Crippen LogP contribution is -2.48. The van der Waals surface area contributed by atoms with Gasteiger partial charge in [-0.2, -0.15) is 0 Å². The lowest BCUT2D eigenvalue weighted by Gasteiger charge is -2.42. The van der Waals surface area contributed by atoms with E-state index < -0.39 is 0 Å². The van der Waals surface area contributed by atoms with Crippen LogP contribution in [0.25, 0.3) is 0 Å². The van der Waals surface area contributed by atoms with Crippen LogP contribution < -0.4 is 0 Å². The molecule has 2 aliphatic rings. The highest BCUT2D eigenvalue weighted by molar-refractivity contribution is 5.76. The van der Waals surface area contributed by atoms with Crippen molar-refractivity contribution in [3.8, 4) is 0 Å². The van der Waals surface area contributed by atoms with Gasteiger partial charge in [0.1, 0.15) is 5.82 Å². The van der Waals surface area contributed by atoms with E-state index in [4.69, 9.17) is 0 Å². The third kappa shape index (κ3) is 4.11. The highest BCUT2D eigenvalue weighted by atomic mass is 19.1. The number of benzene rings is 1. The lowest BCUT2D eigenvalue weighted by molar-refractivity contribution is -0.135. The van der Waals surface area contributed by atoms with Gasteiger partial charge in [-0.15, -0.1) is 0 Å². The number of aliphatic hydroxyl groups is 1. The summed E-state index contributed by atoms with van der Waals surface area (Å²) in [6.07, 6.45) is 6.32. The first-order valence-electron chi connectivity index (χ1n) is 8.74. The quantitative estimate of drug-likeness (QED) is 0.875. The summed E-state index contributed by atoms with van der Waals surface area (Å²) in [7, 11) is 0. The zero-order valence-corrected chi connectivity index (χ0v) is 13.6. The molecule has 23 heavy (non-hydrogen) atoms. The van der Waals surface area contributed by atoms with Crippen molar-refractivity contribution in [2.24, 2.45) is 11.3 Å². The van der Waals surface area contributed by atoms with Gasteiger partial charge in [0.15, 0.2) is 0 Å². The van der Waals surface area contributed by atoms with Crippen LogP contribution in [-0.4, -0.2) is 35.6 Å². The van der Waals surface area contributed by atoms with Crippen LogP contribution in [0.2, 0.25) is 0 Å². The minimum absolute atomic E-state index is 0.0848. The van der Waals surface area contributed by atoms with E-state index >= 15 is 0 Å². The normalized spacial score (nSPS) is 24.7. The van der Waals surface area contributed by atoms with Gasteiger partial charge in [0.05, 0.1) is 6.61 Å². The fourth-order valence-electron chi connectivity index (χ4n) is 3.82. The van der Waals surface area contributed by atoms with Gasteiger partial charge in [-0.1, -0.05) is 31.0 Å². The molecular weight excluding hydrogens is 293 g/mol. The molecule has 1 aliphatic heterocycles. The Morgan fingerprint density at radius 3 is 2.83 bits per heavy atom. The van der Waals surface area contributed by atoms with Crippen molar-refractivity contribution in [3.63, 3.8) is 0 Å². The maximum absolute atomic E-state index is 13.7. The zero-order valence-electron chi connectivity index (χ0n) is 13.6. The summed E-state index contributed by atoms with van der Waals surface area (Å²) in [5.41, 5.74) is 0.497. The average Bonchev–Trinajstić information content (AvgIpc) is 3.38. The minimum atomic E-state index is -0.239.